The molecule has 1 saturated heterocycles. The molecule has 0 saturated carbocycles. The monoisotopic (exact) mass is 734 g/mol. The topological polar surface area (TPSA) is 228 Å². The van der Waals surface area contributed by atoms with Crippen LogP contribution in [-0.4, -0.2) is 94.0 Å². The molecular weight excluding hydrogens is 701 g/mol. The van der Waals surface area contributed by atoms with Gasteiger partial charge in [0.15, 0.2) is 22.3 Å². The maximum Gasteiger partial charge on any atom is 0.352 e. The Kier molecular flexibility index (Phi) is 9.79. The van der Waals surface area contributed by atoms with Crippen molar-refractivity contribution in [2.75, 3.05) is 18.0 Å². The number of carboxylic acid groups (broad SMARTS) is 2. The van der Waals surface area contributed by atoms with Gasteiger partial charge in [-0.15, -0.1) is 23.1 Å². The highest BCUT2D eigenvalue weighted by atomic mass is 32.2. The van der Waals surface area contributed by atoms with Crippen molar-refractivity contribution in [3.63, 3.8) is 0 Å². The average molecular weight is 735 g/mol. The van der Waals surface area contributed by atoms with Gasteiger partial charge in [0.1, 0.15) is 22.8 Å². The fourth-order valence-electron chi connectivity index (χ4n) is 5.75. The first kappa shape index (κ1) is 35.4. The molecule has 1 fully saturated rings. The number of anilines is 1. The molecule has 1 aromatic heterocycles. The van der Waals surface area contributed by atoms with E-state index < -0.39 is 46.5 Å². The molecule has 3 aliphatic rings. The zero-order valence-corrected chi connectivity index (χ0v) is 29.0. The van der Waals surface area contributed by atoms with Gasteiger partial charge in [-0.1, -0.05) is 41.6 Å². The standard InChI is InChI=1S/C34H34N6O9S2/c1-34(2,32(47)48)49-38-25(22-16-51-33(35)36-22)28(43)37-26-29(44)40-27(31(45)46)20(15-50-30(26)40)8-7-17-3-5-18(6-4-17)13-39-10-9-19-11-23(41)24(42)12-21(19)14-39/h3-8,11-12,16,26,30,41-42H,9-10,13-15H2,1-2H3,(H2,35,36)(H,37,43)(H,45,46)(H,47,48)/b8-7+,38-25-/t26-,30-/m1/s1. The lowest BCUT2D eigenvalue weighted by atomic mass is 9.98. The van der Waals surface area contributed by atoms with Gasteiger partial charge in [-0.3, -0.25) is 19.4 Å². The van der Waals surface area contributed by atoms with Crippen LogP contribution in [0.1, 0.15) is 41.8 Å². The summed E-state index contributed by atoms with van der Waals surface area (Å²) in [5, 5.41) is 46.3. The Hall–Kier alpha value is -5.39. The number of hydrogen-bond donors (Lipinski definition) is 6. The molecule has 6 rings (SSSR count). The molecule has 7 N–H and O–H groups in total. The number of rotatable bonds is 11. The highest BCUT2D eigenvalue weighted by Gasteiger charge is 2.54. The van der Waals surface area contributed by atoms with E-state index >= 15 is 0 Å². The second-order valence-corrected chi connectivity index (χ2v) is 14.6. The van der Waals surface area contributed by atoms with Crippen LogP contribution in [0.5, 0.6) is 11.5 Å². The summed E-state index contributed by atoms with van der Waals surface area (Å²) in [6.45, 7) is 4.62. The number of thioether (sulfide) groups is 1. The zero-order valence-electron chi connectivity index (χ0n) is 27.4. The van der Waals surface area contributed by atoms with Gasteiger partial charge in [0.25, 0.3) is 11.8 Å². The Morgan fingerprint density at radius 1 is 1.12 bits per heavy atom. The van der Waals surface area contributed by atoms with Crippen LogP contribution in [0, 0.1) is 0 Å². The normalized spacial score (nSPS) is 19.4. The molecule has 15 nitrogen and oxygen atoms in total. The minimum Gasteiger partial charge on any atom is -0.504 e. The third-order valence-corrected chi connectivity index (χ3v) is 10.6. The van der Waals surface area contributed by atoms with Crippen LogP contribution in [0.15, 0.2) is 64.3 Å². The van der Waals surface area contributed by atoms with Crippen LogP contribution in [0.2, 0.25) is 0 Å². The van der Waals surface area contributed by atoms with Gasteiger partial charge in [-0.2, -0.15) is 0 Å². The van der Waals surface area contributed by atoms with E-state index in [1.165, 1.54) is 31.0 Å². The number of aliphatic carboxylic acids is 2. The highest BCUT2D eigenvalue weighted by Crippen LogP contribution is 2.41. The van der Waals surface area contributed by atoms with Gasteiger partial charge in [0.2, 0.25) is 5.60 Å². The molecule has 0 radical (unpaired) electrons. The molecule has 2 amide bonds. The molecule has 3 aromatic rings. The Morgan fingerprint density at radius 2 is 1.82 bits per heavy atom. The molecule has 2 atom stereocenters. The molecule has 4 heterocycles. The van der Waals surface area contributed by atoms with E-state index in [1.54, 1.807) is 24.3 Å². The molecule has 17 heteroatoms. The van der Waals surface area contributed by atoms with Gasteiger partial charge in [-0.05, 0) is 60.2 Å². The largest absolute Gasteiger partial charge is 0.504 e. The summed E-state index contributed by atoms with van der Waals surface area (Å²) < 4.78 is 0. The summed E-state index contributed by atoms with van der Waals surface area (Å²) in [6, 6.07) is 9.95. The molecule has 2 aromatic carbocycles. The number of fused-ring (bicyclic) bond motifs is 2. The SMILES string of the molecule is CC(C)(O/N=C(\C(=O)N[C@@H]1C(=O)N2C(C(=O)O)=C(/C=C/c3ccc(CN4CCc5cc(O)c(O)cc5C4)cc3)CS[C@H]12)c1csc(N)n1)C(=O)O. The maximum atomic E-state index is 13.3. The van der Waals surface area contributed by atoms with Crippen LogP contribution in [0.4, 0.5) is 5.13 Å². The number of nitrogens with zero attached hydrogens (tertiary/aromatic N) is 4. The minimum atomic E-state index is -1.78. The summed E-state index contributed by atoms with van der Waals surface area (Å²) in [7, 11) is 0. The van der Waals surface area contributed by atoms with Crippen LogP contribution in [0.25, 0.3) is 6.08 Å². The Labute approximate surface area is 299 Å². The first-order chi connectivity index (χ1) is 24.2. The number of β-lactam (4-membered cyclic amide) rings is 1. The van der Waals surface area contributed by atoms with E-state index in [0.717, 1.165) is 51.5 Å². The van der Waals surface area contributed by atoms with Gasteiger partial charge >= 0.3 is 11.9 Å². The first-order valence-corrected chi connectivity index (χ1v) is 17.6. The Morgan fingerprint density at radius 3 is 2.47 bits per heavy atom. The summed E-state index contributed by atoms with van der Waals surface area (Å²) >= 11 is 2.31. The number of carboxylic acids is 2. The van der Waals surface area contributed by atoms with Crippen molar-refractivity contribution < 1.29 is 44.4 Å². The van der Waals surface area contributed by atoms with Crippen molar-refractivity contribution in [2.45, 2.75) is 50.4 Å². The average Bonchev–Trinajstić information content (AvgIpc) is 3.52. The third kappa shape index (κ3) is 7.40. The lowest BCUT2D eigenvalue weighted by Crippen LogP contribution is -2.71. The Bertz CT molecular complexity index is 2010. The van der Waals surface area contributed by atoms with E-state index in [1.807, 2.05) is 24.3 Å². The number of thiazole rings is 1. The maximum absolute atomic E-state index is 13.3. The number of phenols is 2. The van der Waals surface area contributed by atoms with Crippen molar-refractivity contribution >= 4 is 63.8 Å². The van der Waals surface area contributed by atoms with Gasteiger partial charge in [-0.25, -0.2) is 14.6 Å². The molecule has 0 spiro atoms. The van der Waals surface area contributed by atoms with Crippen LogP contribution < -0.4 is 11.1 Å². The summed E-state index contributed by atoms with van der Waals surface area (Å²) in [6.07, 6.45) is 4.21. The van der Waals surface area contributed by atoms with E-state index in [-0.39, 0.29) is 33.8 Å². The number of oxime groups is 1. The number of nitrogen functional groups attached to an aromatic ring is 1. The molecule has 266 valence electrons. The van der Waals surface area contributed by atoms with Crippen LogP contribution in [-0.2, 0) is 43.5 Å². The van der Waals surface area contributed by atoms with E-state index in [9.17, 15) is 39.6 Å². The van der Waals surface area contributed by atoms with E-state index in [4.69, 9.17) is 10.6 Å². The van der Waals surface area contributed by atoms with Crippen molar-refractivity contribution in [3.05, 3.63) is 87.1 Å². The molecule has 0 unspecified atom stereocenters. The van der Waals surface area contributed by atoms with Crippen LogP contribution in [0.3, 0.4) is 0 Å². The molecular formula is C34H34N6O9S2. The van der Waals surface area contributed by atoms with Gasteiger partial charge in [0.05, 0.1) is 0 Å². The third-order valence-electron chi connectivity index (χ3n) is 8.60. The molecule has 0 aliphatic carbocycles. The second-order valence-electron chi connectivity index (χ2n) is 12.6. The number of allylic oxidation sites excluding steroid dienone is 1. The number of nitrogens with one attached hydrogen (secondary N) is 1. The minimum absolute atomic E-state index is 0.0167. The number of aromatic nitrogens is 1. The van der Waals surface area contributed by atoms with Gasteiger partial charge < -0.3 is 36.3 Å². The van der Waals surface area contributed by atoms with Crippen molar-refractivity contribution in [1.29, 1.82) is 0 Å². The lowest BCUT2D eigenvalue weighted by Gasteiger charge is -2.49. The van der Waals surface area contributed by atoms with Crippen molar-refractivity contribution in [3.8, 4) is 11.5 Å². The Balaban J connectivity index is 1.12. The predicted molar refractivity (Wildman–Crippen MR) is 189 cm³/mol. The molecule has 51 heavy (non-hydrogen) atoms. The lowest BCUT2D eigenvalue weighted by molar-refractivity contribution is -0.161. The predicted octanol–water partition coefficient (Wildman–Crippen LogP) is 2.73. The molecule has 3 aliphatic heterocycles. The number of nitrogens with two attached hydrogens (primary N) is 1. The number of aromatic hydroxyl groups is 2. The van der Waals surface area contributed by atoms with Gasteiger partial charge in [0, 0.05) is 30.8 Å². The second kappa shape index (κ2) is 14.1. The number of carbonyl (C=O) groups is 4. The number of phenolic OH excluding ortho intramolecular Hbond substituents is 2. The van der Waals surface area contributed by atoms with Crippen LogP contribution >= 0.6 is 23.1 Å². The smallest absolute Gasteiger partial charge is 0.352 e. The number of carbonyl (C=O) groups excluding carboxylic acids is 2. The first-order valence-electron chi connectivity index (χ1n) is 15.7. The fraction of sp³-hybridized carbons (Fsp3) is 0.294. The quantitative estimate of drug-likeness (QED) is 0.0722. The zero-order chi connectivity index (χ0) is 36.6. The number of amides is 2. The number of benzene rings is 2. The summed E-state index contributed by atoms with van der Waals surface area (Å²) in [5.41, 5.74) is 7.71. The van der Waals surface area contributed by atoms with E-state index in [0.29, 0.717) is 18.7 Å². The van der Waals surface area contributed by atoms with Crippen molar-refractivity contribution in [2.24, 2.45) is 5.16 Å². The molecule has 0 bridgehead atoms. The fourth-order valence-corrected chi connectivity index (χ4v) is 7.61. The summed E-state index contributed by atoms with van der Waals surface area (Å²) in [4.78, 5) is 63.1. The van der Waals surface area contributed by atoms with E-state index in [2.05, 4.69) is 20.4 Å². The number of hydrogen-bond acceptors (Lipinski definition) is 13. The highest BCUT2D eigenvalue weighted by molar-refractivity contribution is 8.00. The van der Waals surface area contributed by atoms with Crippen molar-refractivity contribution in [1.82, 2.24) is 20.1 Å². The summed E-state index contributed by atoms with van der Waals surface area (Å²) in [5.74, 6) is -4.11.